The van der Waals surface area contributed by atoms with Crippen molar-refractivity contribution >= 4 is 17.5 Å². The van der Waals surface area contributed by atoms with E-state index in [1.54, 1.807) is 7.11 Å². The number of rotatable bonds is 7. The summed E-state index contributed by atoms with van der Waals surface area (Å²) in [6, 6.07) is 0. The molecule has 2 fully saturated rings. The van der Waals surface area contributed by atoms with Gasteiger partial charge in [-0.2, -0.15) is 23.1 Å². The summed E-state index contributed by atoms with van der Waals surface area (Å²) in [5.74, 6) is -0.356. The number of nitrogens with one attached hydrogen (secondary N) is 1. The Labute approximate surface area is 166 Å². The number of nitrogens with zero attached hydrogens (tertiary/aromatic N) is 3. The third kappa shape index (κ3) is 4.49. The molecular weight excluding hydrogens is 393 g/mol. The molecule has 8 nitrogen and oxygen atoms in total. The monoisotopic (exact) mass is 418 g/mol. The maximum atomic E-state index is 13.1. The van der Waals surface area contributed by atoms with E-state index in [9.17, 15) is 18.0 Å². The molecule has 0 spiro atoms. The van der Waals surface area contributed by atoms with E-state index in [1.807, 2.05) is 4.90 Å². The zero-order valence-corrected chi connectivity index (χ0v) is 16.6. The summed E-state index contributed by atoms with van der Waals surface area (Å²) in [5, 5.41) is 2.44. The van der Waals surface area contributed by atoms with E-state index in [2.05, 4.69) is 15.3 Å². The smallest absolute Gasteiger partial charge is 0.395 e. The molecule has 1 aliphatic heterocycles. The van der Waals surface area contributed by atoms with Gasteiger partial charge in [-0.3, -0.25) is 4.79 Å². The predicted octanol–water partition coefficient (Wildman–Crippen LogP) is 2.78. The lowest BCUT2D eigenvalue weighted by molar-refractivity contribution is -0.189. The standard InChI is InChI=1S/C18H25F3N4O4/c1-27-11-4-8-25(9-5-11)16-23-14(28-2)13(15(24-16)29-3)22-12(26)10-17(6-7-17)18(19,20)21/h11H,4-10H2,1-3H3,(H,22,26). The van der Waals surface area contributed by atoms with Crippen molar-refractivity contribution in [3.8, 4) is 11.8 Å². The van der Waals surface area contributed by atoms with Crippen LogP contribution in [0, 0.1) is 5.41 Å². The van der Waals surface area contributed by atoms with Crippen LogP contribution in [0.15, 0.2) is 0 Å². The molecule has 0 aromatic carbocycles. The van der Waals surface area contributed by atoms with Gasteiger partial charge < -0.3 is 24.4 Å². The molecule has 0 atom stereocenters. The highest BCUT2D eigenvalue weighted by molar-refractivity contribution is 5.94. The lowest BCUT2D eigenvalue weighted by atomic mass is 10.0. The van der Waals surface area contributed by atoms with Gasteiger partial charge >= 0.3 is 6.18 Å². The van der Waals surface area contributed by atoms with Crippen molar-refractivity contribution in [2.24, 2.45) is 5.41 Å². The predicted molar refractivity (Wildman–Crippen MR) is 98.3 cm³/mol. The molecule has 1 saturated heterocycles. The van der Waals surface area contributed by atoms with E-state index in [0.717, 1.165) is 12.8 Å². The largest absolute Gasteiger partial charge is 0.479 e. The number of methoxy groups -OCH3 is 3. The lowest BCUT2D eigenvalue weighted by Gasteiger charge is -2.31. The van der Waals surface area contributed by atoms with Crippen molar-refractivity contribution in [1.29, 1.82) is 0 Å². The fourth-order valence-corrected chi connectivity index (χ4v) is 3.45. The van der Waals surface area contributed by atoms with Crippen LogP contribution in [0.5, 0.6) is 11.8 Å². The number of hydrogen-bond donors (Lipinski definition) is 1. The Morgan fingerprint density at radius 3 is 2.10 bits per heavy atom. The molecule has 0 unspecified atom stereocenters. The summed E-state index contributed by atoms with van der Waals surface area (Å²) in [6.07, 6.45) is -3.37. The fraction of sp³-hybridized carbons (Fsp3) is 0.722. The van der Waals surface area contributed by atoms with Crippen LogP contribution in [0.25, 0.3) is 0 Å². The van der Waals surface area contributed by atoms with Gasteiger partial charge in [0.2, 0.25) is 23.6 Å². The number of amides is 1. The summed E-state index contributed by atoms with van der Waals surface area (Å²) >= 11 is 0. The normalized spacial score (nSPS) is 19.0. The number of carbonyl (C=O) groups is 1. The van der Waals surface area contributed by atoms with Gasteiger partial charge in [-0.15, -0.1) is 0 Å². The highest BCUT2D eigenvalue weighted by Crippen LogP contribution is 2.60. The van der Waals surface area contributed by atoms with Crippen LogP contribution >= 0.6 is 0 Å². The van der Waals surface area contributed by atoms with Crippen LogP contribution in [0.4, 0.5) is 24.8 Å². The van der Waals surface area contributed by atoms with Gasteiger partial charge in [0.1, 0.15) is 0 Å². The van der Waals surface area contributed by atoms with Gasteiger partial charge in [0.25, 0.3) is 0 Å². The minimum absolute atomic E-state index is 0.0218. The molecule has 1 amide bonds. The molecule has 3 rings (SSSR count). The van der Waals surface area contributed by atoms with Crippen molar-refractivity contribution in [1.82, 2.24) is 9.97 Å². The number of anilines is 2. The molecule has 1 saturated carbocycles. The molecule has 2 heterocycles. The number of hydrogen-bond acceptors (Lipinski definition) is 7. The van der Waals surface area contributed by atoms with Gasteiger partial charge in [-0.1, -0.05) is 0 Å². The average molecular weight is 418 g/mol. The maximum Gasteiger partial charge on any atom is 0.395 e. The van der Waals surface area contributed by atoms with Crippen LogP contribution in [0.2, 0.25) is 0 Å². The minimum Gasteiger partial charge on any atom is -0.479 e. The second-order valence-corrected chi connectivity index (χ2v) is 7.34. The van der Waals surface area contributed by atoms with Crippen molar-refractivity contribution in [2.45, 2.75) is 44.4 Å². The number of alkyl halides is 3. The Kier molecular flexibility index (Phi) is 6.06. The van der Waals surface area contributed by atoms with Crippen LogP contribution in [-0.4, -0.2) is 62.6 Å². The topological polar surface area (TPSA) is 85.8 Å². The molecule has 2 aliphatic rings. The Balaban J connectivity index is 1.77. The van der Waals surface area contributed by atoms with Crippen molar-refractivity contribution in [3.05, 3.63) is 0 Å². The number of halogens is 3. The van der Waals surface area contributed by atoms with Gasteiger partial charge in [0.05, 0.1) is 25.7 Å². The third-order valence-corrected chi connectivity index (χ3v) is 5.49. The van der Waals surface area contributed by atoms with Gasteiger partial charge in [-0.05, 0) is 25.7 Å². The van der Waals surface area contributed by atoms with E-state index in [4.69, 9.17) is 14.2 Å². The second kappa shape index (κ2) is 8.21. The molecule has 162 valence electrons. The highest BCUT2D eigenvalue weighted by Gasteiger charge is 2.63. The lowest BCUT2D eigenvalue weighted by Crippen LogP contribution is -2.37. The van der Waals surface area contributed by atoms with E-state index in [1.165, 1.54) is 14.2 Å². The third-order valence-electron chi connectivity index (χ3n) is 5.49. The molecule has 1 aliphatic carbocycles. The molecular formula is C18H25F3N4O4. The first-order chi connectivity index (χ1) is 13.7. The molecule has 1 aromatic rings. The molecule has 29 heavy (non-hydrogen) atoms. The molecule has 0 bridgehead atoms. The first-order valence-electron chi connectivity index (χ1n) is 9.37. The zero-order valence-electron chi connectivity index (χ0n) is 16.6. The Morgan fingerprint density at radius 1 is 1.14 bits per heavy atom. The number of piperidine rings is 1. The van der Waals surface area contributed by atoms with Crippen molar-refractivity contribution < 1.29 is 32.2 Å². The van der Waals surface area contributed by atoms with Gasteiger partial charge in [-0.25, -0.2) is 0 Å². The highest BCUT2D eigenvalue weighted by atomic mass is 19.4. The van der Waals surface area contributed by atoms with Crippen LogP contribution in [0.1, 0.15) is 32.1 Å². The van der Waals surface area contributed by atoms with Crippen molar-refractivity contribution in [3.63, 3.8) is 0 Å². The summed E-state index contributed by atoms with van der Waals surface area (Å²) in [7, 11) is 4.39. The SMILES string of the molecule is COc1nc(N2CCC(OC)CC2)nc(OC)c1NC(=O)CC1(C(F)(F)F)CC1. The van der Waals surface area contributed by atoms with Crippen LogP contribution in [0.3, 0.4) is 0 Å². The second-order valence-electron chi connectivity index (χ2n) is 7.34. The molecule has 1 aromatic heterocycles. The summed E-state index contributed by atoms with van der Waals surface area (Å²) in [5.41, 5.74) is -1.92. The number of ether oxygens (including phenoxy) is 3. The van der Waals surface area contributed by atoms with E-state index < -0.39 is 23.9 Å². The summed E-state index contributed by atoms with van der Waals surface area (Å²) in [4.78, 5) is 22.9. The Hall–Kier alpha value is -2.30. The number of carbonyl (C=O) groups excluding carboxylic acids is 1. The fourth-order valence-electron chi connectivity index (χ4n) is 3.45. The van der Waals surface area contributed by atoms with E-state index >= 15 is 0 Å². The first kappa shape index (κ1) is 21.4. The van der Waals surface area contributed by atoms with E-state index in [0.29, 0.717) is 19.0 Å². The van der Waals surface area contributed by atoms with Crippen LogP contribution in [-0.2, 0) is 9.53 Å². The molecule has 1 N–H and O–H groups in total. The molecule has 0 radical (unpaired) electrons. The van der Waals surface area contributed by atoms with Crippen molar-refractivity contribution in [2.75, 3.05) is 44.6 Å². The zero-order chi connectivity index (χ0) is 21.2. The number of aromatic nitrogens is 2. The maximum absolute atomic E-state index is 13.1. The van der Waals surface area contributed by atoms with Gasteiger partial charge in [0.15, 0.2) is 5.69 Å². The average Bonchev–Trinajstić information content (AvgIpc) is 3.48. The summed E-state index contributed by atoms with van der Waals surface area (Å²) in [6.45, 7) is 1.34. The summed E-state index contributed by atoms with van der Waals surface area (Å²) < 4.78 is 55.3. The first-order valence-corrected chi connectivity index (χ1v) is 9.37. The molecule has 11 heteroatoms. The Morgan fingerprint density at radius 2 is 1.69 bits per heavy atom. The van der Waals surface area contributed by atoms with Crippen LogP contribution < -0.4 is 19.7 Å². The quantitative estimate of drug-likeness (QED) is 0.729. The minimum atomic E-state index is -4.41. The Bertz CT molecular complexity index is 722. The van der Waals surface area contributed by atoms with E-state index in [-0.39, 0.29) is 36.4 Å². The van der Waals surface area contributed by atoms with Gasteiger partial charge in [0, 0.05) is 26.6 Å².